The van der Waals surface area contributed by atoms with Crippen molar-refractivity contribution in [1.82, 2.24) is 5.32 Å². The average Bonchev–Trinajstić information content (AvgIpc) is 2.48. The van der Waals surface area contributed by atoms with E-state index < -0.39 is 11.6 Å². The Hall–Kier alpha value is -1.01. The summed E-state index contributed by atoms with van der Waals surface area (Å²) in [6.07, 6.45) is 0.926. The quantitative estimate of drug-likeness (QED) is 0.698. The van der Waals surface area contributed by atoms with Crippen LogP contribution in [0.4, 0.5) is 8.78 Å². The number of aryl methyl sites for hydroxylation is 1. The first-order chi connectivity index (χ1) is 10.1. The van der Waals surface area contributed by atoms with Gasteiger partial charge in [0.25, 0.3) is 0 Å². The normalized spacial score (nSPS) is 12.4. The molecule has 0 bridgehead atoms. The standard InChI is InChI=1S/C17H18F2IN/c1-3-10-21-17(12-6-4-5-7-14(12)20)13-9-8-11(2)15(18)16(13)19/h4-9,17,21H,3,10H2,1-2H3. The van der Waals surface area contributed by atoms with Crippen molar-refractivity contribution in [3.8, 4) is 0 Å². The van der Waals surface area contributed by atoms with E-state index in [1.54, 1.807) is 19.1 Å². The van der Waals surface area contributed by atoms with Crippen LogP contribution >= 0.6 is 22.6 Å². The summed E-state index contributed by atoms with van der Waals surface area (Å²) in [5, 5.41) is 3.32. The molecule has 0 aromatic heterocycles. The molecule has 0 aliphatic carbocycles. The van der Waals surface area contributed by atoms with Crippen LogP contribution in [0.25, 0.3) is 0 Å². The van der Waals surface area contributed by atoms with E-state index in [-0.39, 0.29) is 6.04 Å². The molecule has 0 heterocycles. The number of nitrogens with one attached hydrogen (secondary N) is 1. The Kier molecular flexibility index (Phi) is 5.70. The van der Waals surface area contributed by atoms with E-state index in [2.05, 4.69) is 27.9 Å². The predicted molar refractivity (Wildman–Crippen MR) is 90.4 cm³/mol. The van der Waals surface area contributed by atoms with Crippen molar-refractivity contribution >= 4 is 22.6 Å². The van der Waals surface area contributed by atoms with Gasteiger partial charge in [0.05, 0.1) is 6.04 Å². The number of benzene rings is 2. The molecular formula is C17H18F2IN. The first-order valence-electron chi connectivity index (χ1n) is 6.98. The number of halogens is 3. The lowest BCUT2D eigenvalue weighted by atomic mass is 9.96. The van der Waals surface area contributed by atoms with Crippen LogP contribution in [0, 0.1) is 22.1 Å². The fraction of sp³-hybridized carbons (Fsp3) is 0.294. The van der Waals surface area contributed by atoms with Gasteiger partial charge in [-0.05, 0) is 59.7 Å². The molecule has 112 valence electrons. The lowest BCUT2D eigenvalue weighted by Crippen LogP contribution is -2.25. The van der Waals surface area contributed by atoms with Crippen molar-refractivity contribution in [2.24, 2.45) is 0 Å². The summed E-state index contributed by atoms with van der Waals surface area (Å²) in [6.45, 7) is 4.36. The lowest BCUT2D eigenvalue weighted by molar-refractivity contribution is 0.475. The summed E-state index contributed by atoms with van der Waals surface area (Å²) in [5.74, 6) is -1.52. The van der Waals surface area contributed by atoms with Gasteiger partial charge in [0.2, 0.25) is 0 Å². The summed E-state index contributed by atoms with van der Waals surface area (Å²) in [5.41, 5.74) is 1.65. The van der Waals surface area contributed by atoms with Crippen molar-refractivity contribution in [2.45, 2.75) is 26.3 Å². The minimum absolute atomic E-state index is 0.327. The van der Waals surface area contributed by atoms with E-state index in [1.165, 1.54) is 0 Å². The molecule has 0 saturated carbocycles. The summed E-state index contributed by atoms with van der Waals surface area (Å²) in [7, 11) is 0. The minimum atomic E-state index is -0.762. The second kappa shape index (κ2) is 7.31. The summed E-state index contributed by atoms with van der Waals surface area (Å²) in [6, 6.07) is 10.7. The SMILES string of the molecule is CCCNC(c1ccccc1I)c1ccc(C)c(F)c1F. The van der Waals surface area contributed by atoms with E-state index >= 15 is 0 Å². The second-order valence-electron chi connectivity index (χ2n) is 5.01. The zero-order chi connectivity index (χ0) is 15.4. The number of rotatable bonds is 5. The minimum Gasteiger partial charge on any atom is -0.306 e. The van der Waals surface area contributed by atoms with Crippen LogP contribution in [-0.4, -0.2) is 6.54 Å². The van der Waals surface area contributed by atoms with Gasteiger partial charge in [-0.2, -0.15) is 0 Å². The smallest absolute Gasteiger partial charge is 0.164 e. The number of hydrogen-bond acceptors (Lipinski definition) is 1. The third-order valence-corrected chi connectivity index (χ3v) is 4.41. The van der Waals surface area contributed by atoms with Gasteiger partial charge in [-0.3, -0.25) is 0 Å². The predicted octanol–water partition coefficient (Wildman–Crippen LogP) is 4.97. The molecule has 4 heteroatoms. The molecule has 0 radical (unpaired) electrons. The summed E-state index contributed by atoms with van der Waals surface area (Å²) >= 11 is 2.23. The van der Waals surface area contributed by atoms with Crippen molar-refractivity contribution < 1.29 is 8.78 Å². The Balaban J connectivity index is 2.51. The van der Waals surface area contributed by atoms with Crippen molar-refractivity contribution in [2.75, 3.05) is 6.54 Å². The maximum absolute atomic E-state index is 14.3. The van der Waals surface area contributed by atoms with Gasteiger partial charge in [0.15, 0.2) is 11.6 Å². The molecule has 0 saturated heterocycles. The van der Waals surface area contributed by atoms with E-state index in [0.717, 1.165) is 22.1 Å². The molecule has 0 aliphatic heterocycles. The van der Waals surface area contributed by atoms with Gasteiger partial charge >= 0.3 is 0 Å². The molecule has 1 unspecified atom stereocenters. The van der Waals surface area contributed by atoms with Crippen molar-refractivity contribution in [3.63, 3.8) is 0 Å². The molecule has 21 heavy (non-hydrogen) atoms. The highest BCUT2D eigenvalue weighted by Crippen LogP contribution is 2.29. The monoisotopic (exact) mass is 401 g/mol. The van der Waals surface area contributed by atoms with E-state index in [4.69, 9.17) is 0 Å². The topological polar surface area (TPSA) is 12.0 Å². The lowest BCUT2D eigenvalue weighted by Gasteiger charge is -2.22. The fourth-order valence-corrected chi connectivity index (χ4v) is 2.97. The first kappa shape index (κ1) is 16.4. The van der Waals surface area contributed by atoms with E-state index in [1.807, 2.05) is 31.2 Å². The molecule has 0 aliphatic rings. The van der Waals surface area contributed by atoms with E-state index in [9.17, 15) is 8.78 Å². The van der Waals surface area contributed by atoms with Gasteiger partial charge in [-0.15, -0.1) is 0 Å². The molecular weight excluding hydrogens is 383 g/mol. The Morgan fingerprint density at radius 1 is 1.05 bits per heavy atom. The maximum atomic E-state index is 14.3. The molecule has 1 N–H and O–H groups in total. The zero-order valence-corrected chi connectivity index (χ0v) is 14.2. The van der Waals surface area contributed by atoms with Crippen molar-refractivity contribution in [1.29, 1.82) is 0 Å². The maximum Gasteiger partial charge on any atom is 0.164 e. The van der Waals surface area contributed by atoms with Crippen molar-refractivity contribution in [3.05, 3.63) is 68.3 Å². The van der Waals surface area contributed by atoms with Crippen LogP contribution in [0.2, 0.25) is 0 Å². The summed E-state index contributed by atoms with van der Waals surface area (Å²) < 4.78 is 29.3. The highest BCUT2D eigenvalue weighted by Gasteiger charge is 2.22. The van der Waals surface area contributed by atoms with Crippen LogP contribution in [0.15, 0.2) is 36.4 Å². The van der Waals surface area contributed by atoms with Crippen LogP contribution in [0.1, 0.15) is 36.1 Å². The summed E-state index contributed by atoms with van der Waals surface area (Å²) in [4.78, 5) is 0. The third kappa shape index (κ3) is 3.61. The Labute approximate surface area is 137 Å². The van der Waals surface area contributed by atoms with Gasteiger partial charge in [-0.1, -0.05) is 37.3 Å². The van der Waals surface area contributed by atoms with Gasteiger partial charge in [0, 0.05) is 9.13 Å². The highest BCUT2D eigenvalue weighted by atomic mass is 127. The Morgan fingerprint density at radius 3 is 2.43 bits per heavy atom. The van der Waals surface area contributed by atoms with Crippen LogP contribution in [-0.2, 0) is 0 Å². The molecule has 0 fully saturated rings. The molecule has 0 spiro atoms. The molecule has 2 aromatic carbocycles. The van der Waals surface area contributed by atoms with E-state index in [0.29, 0.717) is 11.1 Å². The van der Waals surface area contributed by atoms with Crippen LogP contribution in [0.3, 0.4) is 0 Å². The largest absolute Gasteiger partial charge is 0.306 e. The highest BCUT2D eigenvalue weighted by molar-refractivity contribution is 14.1. The molecule has 2 aromatic rings. The van der Waals surface area contributed by atoms with Gasteiger partial charge in [0.1, 0.15) is 0 Å². The first-order valence-corrected chi connectivity index (χ1v) is 8.06. The second-order valence-corrected chi connectivity index (χ2v) is 6.17. The Bertz CT molecular complexity index is 628. The Morgan fingerprint density at radius 2 is 1.76 bits per heavy atom. The third-order valence-electron chi connectivity index (χ3n) is 3.43. The fourth-order valence-electron chi connectivity index (χ4n) is 2.27. The number of hydrogen-bond donors (Lipinski definition) is 1. The zero-order valence-electron chi connectivity index (χ0n) is 12.1. The average molecular weight is 401 g/mol. The molecule has 0 amide bonds. The van der Waals surface area contributed by atoms with Gasteiger partial charge < -0.3 is 5.32 Å². The van der Waals surface area contributed by atoms with Crippen LogP contribution < -0.4 is 5.32 Å². The molecule has 2 rings (SSSR count). The molecule has 1 nitrogen and oxygen atoms in total. The van der Waals surface area contributed by atoms with Crippen LogP contribution in [0.5, 0.6) is 0 Å². The van der Waals surface area contributed by atoms with Gasteiger partial charge in [-0.25, -0.2) is 8.78 Å². The molecule has 1 atom stereocenters.